The number of hydrogen-bond donors (Lipinski definition) is 6. The quantitative estimate of drug-likeness (QED) is 0.0261. The zero-order valence-corrected chi connectivity index (χ0v) is 51.9. The van der Waals surface area contributed by atoms with Gasteiger partial charge in [0.1, 0.15) is 24.4 Å². The zero-order valence-electron chi connectivity index (χ0n) is 51.9. The van der Waals surface area contributed by atoms with Crippen LogP contribution in [0, 0.1) is 0 Å². The summed E-state index contributed by atoms with van der Waals surface area (Å²) in [6, 6.07) is -0.803. The molecule has 0 aliphatic carbocycles. The van der Waals surface area contributed by atoms with Crippen molar-refractivity contribution in [1.82, 2.24) is 5.32 Å². The van der Waals surface area contributed by atoms with Crippen LogP contribution in [0.4, 0.5) is 0 Å². The van der Waals surface area contributed by atoms with E-state index in [4.69, 9.17) is 9.47 Å². The minimum Gasteiger partial charge on any atom is -0.394 e. The van der Waals surface area contributed by atoms with Crippen LogP contribution >= 0.6 is 0 Å². The summed E-state index contributed by atoms with van der Waals surface area (Å²) in [6.07, 6.45) is 73.7. The number of hydrogen-bond acceptors (Lipinski definition) is 8. The number of allylic oxidation sites excluding steroid dienone is 7. The van der Waals surface area contributed by atoms with Crippen molar-refractivity contribution in [3.8, 4) is 0 Å². The van der Waals surface area contributed by atoms with Gasteiger partial charge in [0.25, 0.3) is 0 Å². The number of aliphatic hydroxyl groups excluding tert-OH is 5. The van der Waals surface area contributed by atoms with Crippen LogP contribution in [-0.2, 0) is 14.3 Å². The second-order valence-electron chi connectivity index (χ2n) is 24.0. The first-order valence-electron chi connectivity index (χ1n) is 34.4. The molecule has 0 aromatic carbocycles. The molecule has 1 aliphatic rings. The van der Waals surface area contributed by atoms with Gasteiger partial charge in [0.05, 0.1) is 25.4 Å². The SMILES string of the molecule is CCCCCCC/C=C\C/C=C\C/C=C\CCCCCCCCCCCCCCCCCCCCCCCCCCCCC(=O)NC(COC1OC(CO)C(O)C(O)C1O)C(O)/C=C/CCCCCCCCCCCCCCC. The number of carbonyl (C=O) groups is 1. The van der Waals surface area contributed by atoms with Gasteiger partial charge in [-0.1, -0.05) is 319 Å². The van der Waals surface area contributed by atoms with E-state index in [1.165, 1.54) is 263 Å². The number of unbranched alkanes of at least 4 members (excludes halogenated alkanes) is 44. The van der Waals surface area contributed by atoms with Gasteiger partial charge in [0, 0.05) is 6.42 Å². The van der Waals surface area contributed by atoms with E-state index in [0.717, 1.165) is 51.4 Å². The van der Waals surface area contributed by atoms with E-state index in [-0.39, 0.29) is 12.5 Å². The standard InChI is InChI=1S/C70H131NO8/c1-3-5-7-9-11-13-15-17-19-20-21-22-23-24-25-26-27-28-29-30-31-32-33-34-35-36-37-38-39-40-41-42-43-44-46-48-50-52-54-56-58-60-66(74)71-63(62-78-70-69(77)68(76)67(75)65(61-72)79-70)64(73)59-57-55-53-51-49-47-45-18-16-14-12-10-8-6-4-2/h15,17,20-21,23-24,57,59,63-65,67-70,72-73,75-77H,3-14,16,18-19,22,25-56,58,60-62H2,1-2H3,(H,71,74)/b17-15-,21-20-,24-23-,59-57+. The summed E-state index contributed by atoms with van der Waals surface area (Å²) >= 11 is 0. The highest BCUT2D eigenvalue weighted by Gasteiger charge is 2.44. The van der Waals surface area contributed by atoms with E-state index >= 15 is 0 Å². The summed E-state index contributed by atoms with van der Waals surface area (Å²) in [7, 11) is 0. The van der Waals surface area contributed by atoms with Crippen LogP contribution in [0.3, 0.4) is 0 Å². The third-order valence-corrected chi connectivity index (χ3v) is 16.4. The Bertz CT molecular complexity index is 1380. The molecule has 79 heavy (non-hydrogen) atoms. The number of nitrogens with one attached hydrogen (secondary N) is 1. The molecule has 0 radical (unpaired) electrons. The highest BCUT2D eigenvalue weighted by Crippen LogP contribution is 2.23. The van der Waals surface area contributed by atoms with E-state index < -0.39 is 49.5 Å². The van der Waals surface area contributed by atoms with Crippen LogP contribution in [0.15, 0.2) is 48.6 Å². The maximum Gasteiger partial charge on any atom is 0.220 e. The minimum absolute atomic E-state index is 0.171. The van der Waals surface area contributed by atoms with Gasteiger partial charge in [-0.15, -0.1) is 0 Å². The van der Waals surface area contributed by atoms with Crippen molar-refractivity contribution in [3.05, 3.63) is 48.6 Å². The predicted octanol–water partition coefficient (Wildman–Crippen LogP) is 18.4. The molecule has 7 atom stereocenters. The van der Waals surface area contributed by atoms with Crippen LogP contribution in [0.2, 0.25) is 0 Å². The number of carbonyl (C=O) groups excluding carboxylic acids is 1. The van der Waals surface area contributed by atoms with Gasteiger partial charge in [-0.3, -0.25) is 4.79 Å². The second-order valence-corrected chi connectivity index (χ2v) is 24.0. The molecule has 1 amide bonds. The maximum atomic E-state index is 13.1. The smallest absolute Gasteiger partial charge is 0.220 e. The Morgan fingerprint density at radius 1 is 0.430 bits per heavy atom. The molecule has 0 aromatic heterocycles. The first kappa shape index (κ1) is 75.2. The molecule has 0 bridgehead atoms. The number of rotatable bonds is 60. The van der Waals surface area contributed by atoms with Crippen LogP contribution < -0.4 is 5.32 Å². The fourth-order valence-electron chi connectivity index (χ4n) is 11.0. The summed E-state index contributed by atoms with van der Waals surface area (Å²) < 4.78 is 11.3. The fraction of sp³-hybridized carbons (Fsp3) is 0.871. The van der Waals surface area contributed by atoms with Crippen molar-refractivity contribution in [2.45, 2.75) is 378 Å². The van der Waals surface area contributed by atoms with E-state index in [0.29, 0.717) is 6.42 Å². The molecular weight excluding hydrogens is 983 g/mol. The third kappa shape index (κ3) is 48.3. The lowest BCUT2D eigenvalue weighted by Gasteiger charge is -2.40. The van der Waals surface area contributed by atoms with E-state index in [1.54, 1.807) is 6.08 Å². The summed E-state index contributed by atoms with van der Waals surface area (Å²) in [5.74, 6) is -0.171. The predicted molar refractivity (Wildman–Crippen MR) is 336 cm³/mol. The second kappa shape index (κ2) is 59.3. The Balaban J connectivity index is 2.02. The molecule has 464 valence electrons. The van der Waals surface area contributed by atoms with Gasteiger partial charge < -0.3 is 40.3 Å². The molecule has 0 saturated carbocycles. The largest absolute Gasteiger partial charge is 0.394 e. The van der Waals surface area contributed by atoms with Crippen molar-refractivity contribution in [2.75, 3.05) is 13.2 Å². The molecule has 9 nitrogen and oxygen atoms in total. The van der Waals surface area contributed by atoms with Crippen LogP contribution in [-0.4, -0.2) is 87.5 Å². The third-order valence-electron chi connectivity index (χ3n) is 16.4. The molecule has 9 heteroatoms. The highest BCUT2D eigenvalue weighted by molar-refractivity contribution is 5.76. The normalized spacial score (nSPS) is 18.8. The summed E-state index contributed by atoms with van der Waals surface area (Å²) in [5.41, 5.74) is 0. The lowest BCUT2D eigenvalue weighted by molar-refractivity contribution is -0.302. The van der Waals surface area contributed by atoms with Gasteiger partial charge in [0.15, 0.2) is 6.29 Å². The van der Waals surface area contributed by atoms with E-state index in [9.17, 15) is 30.3 Å². The molecule has 6 N–H and O–H groups in total. The Morgan fingerprint density at radius 2 is 0.747 bits per heavy atom. The lowest BCUT2D eigenvalue weighted by atomic mass is 9.99. The van der Waals surface area contributed by atoms with Crippen molar-refractivity contribution in [3.63, 3.8) is 0 Å². The average molecular weight is 1110 g/mol. The van der Waals surface area contributed by atoms with Crippen molar-refractivity contribution in [1.29, 1.82) is 0 Å². The fourth-order valence-corrected chi connectivity index (χ4v) is 11.0. The van der Waals surface area contributed by atoms with Crippen LogP contribution in [0.1, 0.15) is 335 Å². The van der Waals surface area contributed by atoms with E-state index in [2.05, 4.69) is 55.6 Å². The molecule has 1 heterocycles. The number of aliphatic hydroxyl groups is 5. The molecule has 1 aliphatic heterocycles. The first-order chi connectivity index (χ1) is 38.8. The monoisotopic (exact) mass is 1110 g/mol. The summed E-state index contributed by atoms with van der Waals surface area (Å²) in [5, 5.41) is 54.6. The van der Waals surface area contributed by atoms with Gasteiger partial charge in [0.2, 0.25) is 5.91 Å². The molecular formula is C70H131NO8. The number of amides is 1. The summed E-state index contributed by atoms with van der Waals surface area (Å²) in [6.45, 7) is 3.79. The van der Waals surface area contributed by atoms with Crippen LogP contribution in [0.5, 0.6) is 0 Å². The van der Waals surface area contributed by atoms with Crippen molar-refractivity contribution < 1.29 is 39.8 Å². The molecule has 1 rings (SSSR count). The lowest BCUT2D eigenvalue weighted by Crippen LogP contribution is -2.60. The Hall–Kier alpha value is -1.85. The van der Waals surface area contributed by atoms with Gasteiger partial charge in [-0.05, 0) is 57.8 Å². The van der Waals surface area contributed by atoms with Crippen molar-refractivity contribution >= 4 is 5.91 Å². The number of ether oxygens (including phenoxy) is 2. The van der Waals surface area contributed by atoms with Gasteiger partial charge in [-0.25, -0.2) is 0 Å². The molecule has 0 spiro atoms. The average Bonchev–Trinajstić information content (AvgIpc) is 3.46. The Kier molecular flexibility index (Phi) is 56.4. The molecule has 1 fully saturated rings. The molecule has 7 unspecified atom stereocenters. The molecule has 0 aromatic rings. The maximum absolute atomic E-state index is 13.1. The van der Waals surface area contributed by atoms with Gasteiger partial charge in [-0.2, -0.15) is 0 Å². The minimum atomic E-state index is -1.57. The topological polar surface area (TPSA) is 149 Å². The van der Waals surface area contributed by atoms with Crippen LogP contribution in [0.25, 0.3) is 0 Å². The summed E-state index contributed by atoms with van der Waals surface area (Å²) in [4.78, 5) is 13.1. The highest BCUT2D eigenvalue weighted by atomic mass is 16.7. The van der Waals surface area contributed by atoms with E-state index in [1.807, 2.05) is 6.08 Å². The zero-order chi connectivity index (χ0) is 57.2. The molecule has 1 saturated heterocycles. The van der Waals surface area contributed by atoms with Crippen molar-refractivity contribution in [2.24, 2.45) is 0 Å². The Morgan fingerprint density at radius 3 is 1.10 bits per heavy atom. The van der Waals surface area contributed by atoms with Gasteiger partial charge >= 0.3 is 0 Å². The Labute approximate surface area is 488 Å². The first-order valence-corrected chi connectivity index (χ1v) is 34.4.